The molecule has 0 spiro atoms. The van der Waals surface area contributed by atoms with Crippen molar-refractivity contribution in [3.8, 4) is 5.75 Å². The highest BCUT2D eigenvalue weighted by Gasteiger charge is 2.23. The number of nitrogens with two attached hydrogens (primary N) is 1. The van der Waals surface area contributed by atoms with Crippen molar-refractivity contribution in [1.29, 1.82) is 0 Å². The summed E-state index contributed by atoms with van der Waals surface area (Å²) in [5, 5.41) is 2.13. The number of thiophene rings is 1. The van der Waals surface area contributed by atoms with Gasteiger partial charge in [0.15, 0.2) is 0 Å². The summed E-state index contributed by atoms with van der Waals surface area (Å²) in [6, 6.07) is 10.5. The van der Waals surface area contributed by atoms with E-state index < -0.39 is 0 Å². The third-order valence-electron chi connectivity index (χ3n) is 3.63. The first-order valence-corrected chi connectivity index (χ1v) is 7.98. The Balaban J connectivity index is 1.81. The third kappa shape index (κ3) is 2.87. The molecule has 0 amide bonds. The highest BCUT2D eigenvalue weighted by molar-refractivity contribution is 7.10. The summed E-state index contributed by atoms with van der Waals surface area (Å²) in [6.07, 6.45) is 3.83. The molecule has 0 radical (unpaired) electrons. The summed E-state index contributed by atoms with van der Waals surface area (Å²) in [6.45, 7) is 2.17. The van der Waals surface area contributed by atoms with Gasteiger partial charge < -0.3 is 4.74 Å². The van der Waals surface area contributed by atoms with Crippen LogP contribution in [0.5, 0.6) is 5.75 Å². The van der Waals surface area contributed by atoms with Crippen LogP contribution in [-0.4, -0.2) is 6.10 Å². The van der Waals surface area contributed by atoms with Gasteiger partial charge in [0.1, 0.15) is 5.75 Å². The Labute approximate surface area is 123 Å². The van der Waals surface area contributed by atoms with Crippen LogP contribution in [0, 0.1) is 0 Å². The molecule has 0 aliphatic heterocycles. The molecule has 1 aliphatic rings. The quantitative estimate of drug-likeness (QED) is 0.632. The summed E-state index contributed by atoms with van der Waals surface area (Å²) >= 11 is 1.75. The lowest BCUT2D eigenvalue weighted by molar-refractivity contribution is 0.303. The van der Waals surface area contributed by atoms with Gasteiger partial charge in [-0.1, -0.05) is 19.1 Å². The lowest BCUT2D eigenvalue weighted by atomic mass is 10.0. The van der Waals surface area contributed by atoms with E-state index in [4.69, 9.17) is 10.6 Å². The second-order valence-electron chi connectivity index (χ2n) is 5.15. The standard InChI is InChI=1S/C16H20N2OS/c1-2-11-9-10-20-16(11)15(18-17)12-3-5-13(6-4-12)19-14-7-8-14/h3-6,9-10,14-15,18H,2,7-8,17H2,1H3. The maximum atomic E-state index is 5.78. The van der Waals surface area contributed by atoms with Gasteiger partial charge >= 0.3 is 0 Å². The number of aryl methyl sites for hydroxylation is 1. The molecular formula is C16H20N2OS. The van der Waals surface area contributed by atoms with Crippen LogP contribution in [0.25, 0.3) is 0 Å². The minimum Gasteiger partial charge on any atom is -0.490 e. The van der Waals surface area contributed by atoms with Crippen LogP contribution in [0.3, 0.4) is 0 Å². The van der Waals surface area contributed by atoms with Crippen molar-refractivity contribution < 1.29 is 4.74 Å². The number of hydrogen-bond acceptors (Lipinski definition) is 4. The topological polar surface area (TPSA) is 47.3 Å². The molecule has 1 unspecified atom stereocenters. The van der Waals surface area contributed by atoms with E-state index in [0.29, 0.717) is 6.10 Å². The van der Waals surface area contributed by atoms with Crippen LogP contribution in [0.2, 0.25) is 0 Å². The minimum absolute atomic E-state index is 0.0555. The molecule has 1 aromatic carbocycles. The van der Waals surface area contributed by atoms with Crippen LogP contribution in [0.1, 0.15) is 41.8 Å². The maximum absolute atomic E-state index is 5.78. The van der Waals surface area contributed by atoms with E-state index in [1.54, 1.807) is 11.3 Å². The Hall–Kier alpha value is -1.36. The van der Waals surface area contributed by atoms with Crippen LogP contribution in [0.15, 0.2) is 35.7 Å². The second-order valence-corrected chi connectivity index (χ2v) is 6.10. The predicted molar refractivity (Wildman–Crippen MR) is 83.0 cm³/mol. The molecule has 4 heteroatoms. The monoisotopic (exact) mass is 288 g/mol. The molecule has 1 atom stereocenters. The van der Waals surface area contributed by atoms with E-state index in [9.17, 15) is 0 Å². The zero-order chi connectivity index (χ0) is 13.9. The fourth-order valence-electron chi connectivity index (χ4n) is 2.33. The summed E-state index contributed by atoms with van der Waals surface area (Å²) < 4.78 is 5.78. The first kappa shape index (κ1) is 13.6. The molecule has 0 saturated heterocycles. The average Bonchev–Trinajstić information content (AvgIpc) is 3.17. The normalized spacial score (nSPS) is 16.1. The van der Waals surface area contributed by atoms with Gasteiger partial charge in [-0.3, -0.25) is 5.84 Å². The lowest BCUT2D eigenvalue weighted by Gasteiger charge is -2.17. The van der Waals surface area contributed by atoms with Crippen LogP contribution in [-0.2, 0) is 6.42 Å². The Bertz CT molecular complexity index is 560. The molecule has 106 valence electrons. The van der Waals surface area contributed by atoms with Crippen molar-refractivity contribution >= 4 is 11.3 Å². The molecule has 1 aliphatic carbocycles. The predicted octanol–water partition coefficient (Wildman–Crippen LogP) is 3.40. The number of hydrazine groups is 1. The second kappa shape index (κ2) is 5.95. The zero-order valence-electron chi connectivity index (χ0n) is 11.6. The molecule has 1 aromatic heterocycles. The average molecular weight is 288 g/mol. The van der Waals surface area contributed by atoms with Gasteiger partial charge in [0.05, 0.1) is 12.1 Å². The number of benzene rings is 1. The summed E-state index contributed by atoms with van der Waals surface area (Å²) in [7, 11) is 0. The first-order chi connectivity index (χ1) is 9.81. The Morgan fingerprint density at radius 2 is 2.05 bits per heavy atom. The molecule has 0 bridgehead atoms. The summed E-state index contributed by atoms with van der Waals surface area (Å²) in [5.74, 6) is 6.73. The van der Waals surface area contributed by atoms with E-state index in [0.717, 1.165) is 12.2 Å². The van der Waals surface area contributed by atoms with Crippen molar-refractivity contribution in [2.45, 2.75) is 38.3 Å². The molecular weight excluding hydrogens is 268 g/mol. The maximum Gasteiger partial charge on any atom is 0.119 e. The van der Waals surface area contributed by atoms with Gasteiger partial charge in [-0.05, 0) is 54.0 Å². The summed E-state index contributed by atoms with van der Waals surface area (Å²) in [5.41, 5.74) is 5.47. The number of ether oxygens (including phenoxy) is 1. The van der Waals surface area contributed by atoms with Gasteiger partial charge in [-0.15, -0.1) is 11.3 Å². The molecule has 1 saturated carbocycles. The van der Waals surface area contributed by atoms with Gasteiger partial charge in [-0.2, -0.15) is 0 Å². The van der Waals surface area contributed by atoms with E-state index >= 15 is 0 Å². The fraction of sp³-hybridized carbons (Fsp3) is 0.375. The Morgan fingerprint density at radius 1 is 1.30 bits per heavy atom. The van der Waals surface area contributed by atoms with Gasteiger partial charge in [0, 0.05) is 4.88 Å². The lowest BCUT2D eigenvalue weighted by Crippen LogP contribution is -2.28. The van der Waals surface area contributed by atoms with Gasteiger partial charge in [-0.25, -0.2) is 5.43 Å². The number of nitrogens with one attached hydrogen (secondary N) is 1. The van der Waals surface area contributed by atoms with Crippen LogP contribution < -0.4 is 16.0 Å². The minimum atomic E-state index is 0.0555. The van der Waals surface area contributed by atoms with Crippen molar-refractivity contribution in [2.24, 2.45) is 5.84 Å². The molecule has 1 heterocycles. The Morgan fingerprint density at radius 3 is 2.65 bits per heavy atom. The van der Waals surface area contributed by atoms with Crippen molar-refractivity contribution in [2.75, 3.05) is 0 Å². The molecule has 3 rings (SSSR count). The van der Waals surface area contributed by atoms with Crippen molar-refractivity contribution in [3.63, 3.8) is 0 Å². The number of rotatable bonds is 6. The van der Waals surface area contributed by atoms with E-state index in [1.165, 1.54) is 28.8 Å². The van der Waals surface area contributed by atoms with Crippen molar-refractivity contribution in [3.05, 3.63) is 51.7 Å². The molecule has 2 aromatic rings. The molecule has 3 N–H and O–H groups in total. The zero-order valence-corrected chi connectivity index (χ0v) is 12.5. The number of hydrogen-bond donors (Lipinski definition) is 2. The van der Waals surface area contributed by atoms with Crippen LogP contribution in [0.4, 0.5) is 0 Å². The van der Waals surface area contributed by atoms with Crippen LogP contribution >= 0.6 is 11.3 Å². The van der Waals surface area contributed by atoms with Gasteiger partial charge in [0.2, 0.25) is 0 Å². The largest absolute Gasteiger partial charge is 0.490 e. The highest BCUT2D eigenvalue weighted by Crippen LogP contribution is 2.32. The van der Waals surface area contributed by atoms with E-state index in [2.05, 4.69) is 35.9 Å². The fourth-order valence-corrected chi connectivity index (χ4v) is 3.42. The SMILES string of the molecule is CCc1ccsc1C(NN)c1ccc(OC2CC2)cc1. The molecule has 20 heavy (non-hydrogen) atoms. The first-order valence-electron chi connectivity index (χ1n) is 7.10. The Kier molecular flexibility index (Phi) is 4.05. The summed E-state index contributed by atoms with van der Waals surface area (Å²) in [4.78, 5) is 1.30. The molecule has 1 fully saturated rings. The van der Waals surface area contributed by atoms with E-state index in [-0.39, 0.29) is 6.04 Å². The van der Waals surface area contributed by atoms with E-state index in [1.807, 2.05) is 12.1 Å². The smallest absolute Gasteiger partial charge is 0.119 e. The van der Waals surface area contributed by atoms with Gasteiger partial charge in [0.25, 0.3) is 0 Å². The molecule has 3 nitrogen and oxygen atoms in total. The highest BCUT2D eigenvalue weighted by atomic mass is 32.1. The third-order valence-corrected chi connectivity index (χ3v) is 4.66. The van der Waals surface area contributed by atoms with Crippen molar-refractivity contribution in [1.82, 2.24) is 5.43 Å².